The Kier molecular flexibility index (Phi) is 3.23. The number of carboxylic acids is 1. The van der Waals surface area contributed by atoms with Crippen molar-refractivity contribution in [3.05, 3.63) is 59.5 Å². The highest BCUT2D eigenvalue weighted by atomic mass is 16.4. The van der Waals surface area contributed by atoms with Crippen LogP contribution in [0.25, 0.3) is 23.1 Å². The fourth-order valence-corrected chi connectivity index (χ4v) is 2.08. The highest BCUT2D eigenvalue weighted by Crippen LogP contribution is 2.16. The molecule has 104 valence electrons. The molecule has 1 aromatic carbocycles. The van der Waals surface area contributed by atoms with Gasteiger partial charge in [0.2, 0.25) is 0 Å². The molecule has 0 saturated carbocycles. The molecule has 3 rings (SSSR count). The van der Waals surface area contributed by atoms with Crippen molar-refractivity contribution in [1.82, 2.24) is 14.8 Å². The summed E-state index contributed by atoms with van der Waals surface area (Å²) in [6, 6.07) is 8.64. The molecule has 5 heteroatoms. The van der Waals surface area contributed by atoms with Crippen LogP contribution in [0.2, 0.25) is 0 Å². The first-order valence-electron chi connectivity index (χ1n) is 6.43. The summed E-state index contributed by atoms with van der Waals surface area (Å²) in [6.07, 6.45) is 7.53. The SMILES string of the molecule is Cn1cc(/C=C/c2ccc3cc(C(=O)O)ccc3n2)cn1. The smallest absolute Gasteiger partial charge is 0.335 e. The van der Waals surface area contributed by atoms with Gasteiger partial charge >= 0.3 is 5.97 Å². The second kappa shape index (κ2) is 5.20. The van der Waals surface area contributed by atoms with E-state index in [1.165, 1.54) is 0 Å². The van der Waals surface area contributed by atoms with Crippen molar-refractivity contribution in [2.24, 2.45) is 7.05 Å². The van der Waals surface area contributed by atoms with Crippen LogP contribution < -0.4 is 0 Å². The third-order valence-electron chi connectivity index (χ3n) is 3.13. The Bertz CT molecular complexity index is 850. The predicted octanol–water partition coefficient (Wildman–Crippen LogP) is 2.84. The Morgan fingerprint density at radius 1 is 1.24 bits per heavy atom. The third-order valence-corrected chi connectivity index (χ3v) is 3.13. The monoisotopic (exact) mass is 279 g/mol. The number of carboxylic acid groups (broad SMARTS) is 1. The maximum absolute atomic E-state index is 10.9. The summed E-state index contributed by atoms with van der Waals surface area (Å²) in [5, 5.41) is 13.9. The number of hydrogen-bond donors (Lipinski definition) is 1. The van der Waals surface area contributed by atoms with E-state index in [4.69, 9.17) is 5.11 Å². The molecule has 0 bridgehead atoms. The van der Waals surface area contributed by atoms with E-state index in [-0.39, 0.29) is 5.56 Å². The summed E-state index contributed by atoms with van der Waals surface area (Å²) in [6.45, 7) is 0. The molecule has 0 radical (unpaired) electrons. The van der Waals surface area contributed by atoms with Crippen LogP contribution in [-0.2, 0) is 7.05 Å². The number of pyridine rings is 1. The summed E-state index contributed by atoms with van der Waals surface area (Å²) in [4.78, 5) is 15.4. The largest absolute Gasteiger partial charge is 0.478 e. The normalized spacial score (nSPS) is 11.3. The second-order valence-electron chi connectivity index (χ2n) is 4.73. The van der Waals surface area contributed by atoms with Crippen molar-refractivity contribution in [3.8, 4) is 0 Å². The van der Waals surface area contributed by atoms with Gasteiger partial charge in [-0.15, -0.1) is 0 Å². The van der Waals surface area contributed by atoms with Gasteiger partial charge in [0, 0.05) is 24.2 Å². The Hall–Kier alpha value is -2.95. The van der Waals surface area contributed by atoms with Gasteiger partial charge in [-0.05, 0) is 36.4 Å². The number of aromatic nitrogens is 3. The van der Waals surface area contributed by atoms with Crippen molar-refractivity contribution < 1.29 is 9.90 Å². The van der Waals surface area contributed by atoms with Crippen LogP contribution in [0.5, 0.6) is 0 Å². The summed E-state index contributed by atoms with van der Waals surface area (Å²) in [5.74, 6) is -0.933. The lowest BCUT2D eigenvalue weighted by atomic mass is 10.1. The summed E-state index contributed by atoms with van der Waals surface area (Å²) in [7, 11) is 1.87. The first-order valence-corrected chi connectivity index (χ1v) is 6.43. The molecule has 2 aromatic heterocycles. The lowest BCUT2D eigenvalue weighted by Gasteiger charge is -2.00. The topological polar surface area (TPSA) is 68.0 Å². The van der Waals surface area contributed by atoms with E-state index in [9.17, 15) is 4.79 Å². The standard InChI is InChI=1S/C16H13N3O2/c1-19-10-11(9-17-19)2-5-14-6-3-12-8-13(16(20)21)4-7-15(12)18-14/h2-10H,1H3,(H,20,21)/b5-2+. The molecule has 0 aliphatic rings. The van der Waals surface area contributed by atoms with Crippen molar-refractivity contribution in [3.63, 3.8) is 0 Å². The van der Waals surface area contributed by atoms with Crippen LogP contribution in [0, 0.1) is 0 Å². The van der Waals surface area contributed by atoms with E-state index in [0.717, 1.165) is 22.2 Å². The minimum Gasteiger partial charge on any atom is -0.478 e. The fraction of sp³-hybridized carbons (Fsp3) is 0.0625. The van der Waals surface area contributed by atoms with Crippen LogP contribution >= 0.6 is 0 Å². The van der Waals surface area contributed by atoms with Gasteiger partial charge in [-0.3, -0.25) is 4.68 Å². The Morgan fingerprint density at radius 2 is 2.10 bits per heavy atom. The van der Waals surface area contributed by atoms with E-state index in [2.05, 4.69) is 10.1 Å². The molecule has 0 spiro atoms. The number of aryl methyl sites for hydroxylation is 1. The zero-order chi connectivity index (χ0) is 14.8. The Morgan fingerprint density at radius 3 is 2.81 bits per heavy atom. The average molecular weight is 279 g/mol. The van der Waals surface area contributed by atoms with Crippen molar-refractivity contribution in [1.29, 1.82) is 0 Å². The Labute approximate surface area is 121 Å². The van der Waals surface area contributed by atoms with E-state index in [0.29, 0.717) is 0 Å². The predicted molar refractivity (Wildman–Crippen MR) is 80.8 cm³/mol. The molecule has 0 fully saturated rings. The van der Waals surface area contributed by atoms with E-state index in [1.807, 2.05) is 37.5 Å². The van der Waals surface area contributed by atoms with Crippen LogP contribution in [-0.4, -0.2) is 25.8 Å². The molecule has 5 nitrogen and oxygen atoms in total. The van der Waals surface area contributed by atoms with Crippen molar-refractivity contribution in [2.45, 2.75) is 0 Å². The number of benzene rings is 1. The van der Waals surface area contributed by atoms with Crippen LogP contribution in [0.4, 0.5) is 0 Å². The zero-order valence-corrected chi connectivity index (χ0v) is 11.4. The molecule has 0 saturated heterocycles. The quantitative estimate of drug-likeness (QED) is 0.800. The van der Waals surface area contributed by atoms with Gasteiger partial charge in [0.25, 0.3) is 0 Å². The number of nitrogens with zero attached hydrogens (tertiary/aromatic N) is 3. The van der Waals surface area contributed by atoms with E-state index in [1.54, 1.807) is 29.1 Å². The molecular weight excluding hydrogens is 266 g/mol. The number of aromatic carboxylic acids is 1. The molecule has 0 aliphatic carbocycles. The molecule has 0 atom stereocenters. The minimum absolute atomic E-state index is 0.267. The van der Waals surface area contributed by atoms with Gasteiger partial charge in [0.05, 0.1) is 23.0 Å². The van der Waals surface area contributed by atoms with E-state index < -0.39 is 5.97 Å². The van der Waals surface area contributed by atoms with Crippen molar-refractivity contribution >= 4 is 29.0 Å². The summed E-state index contributed by atoms with van der Waals surface area (Å²) < 4.78 is 1.74. The number of hydrogen-bond acceptors (Lipinski definition) is 3. The molecule has 3 aromatic rings. The fourth-order valence-electron chi connectivity index (χ4n) is 2.08. The first-order chi connectivity index (χ1) is 10.1. The van der Waals surface area contributed by atoms with Crippen LogP contribution in [0.1, 0.15) is 21.6 Å². The lowest BCUT2D eigenvalue weighted by Crippen LogP contribution is -1.95. The number of fused-ring (bicyclic) bond motifs is 1. The first kappa shape index (κ1) is 13.1. The van der Waals surface area contributed by atoms with Crippen molar-refractivity contribution in [2.75, 3.05) is 0 Å². The van der Waals surface area contributed by atoms with Gasteiger partial charge in [-0.2, -0.15) is 5.10 Å². The van der Waals surface area contributed by atoms with Gasteiger partial charge in [-0.1, -0.05) is 6.07 Å². The van der Waals surface area contributed by atoms with Crippen LogP contribution in [0.3, 0.4) is 0 Å². The maximum Gasteiger partial charge on any atom is 0.335 e. The lowest BCUT2D eigenvalue weighted by molar-refractivity contribution is 0.0697. The third kappa shape index (κ3) is 2.81. The molecule has 0 amide bonds. The second-order valence-corrected chi connectivity index (χ2v) is 4.73. The van der Waals surface area contributed by atoms with Gasteiger partial charge in [0.1, 0.15) is 0 Å². The molecule has 0 aliphatic heterocycles. The van der Waals surface area contributed by atoms with Crippen LogP contribution in [0.15, 0.2) is 42.7 Å². The highest BCUT2D eigenvalue weighted by molar-refractivity contribution is 5.93. The number of rotatable bonds is 3. The molecular formula is C16H13N3O2. The zero-order valence-electron chi connectivity index (χ0n) is 11.4. The summed E-state index contributed by atoms with van der Waals surface area (Å²) >= 11 is 0. The molecule has 2 heterocycles. The molecule has 0 unspecified atom stereocenters. The van der Waals surface area contributed by atoms with Gasteiger partial charge in [-0.25, -0.2) is 9.78 Å². The average Bonchev–Trinajstić information content (AvgIpc) is 2.90. The van der Waals surface area contributed by atoms with Gasteiger partial charge < -0.3 is 5.11 Å². The Balaban J connectivity index is 1.92. The highest BCUT2D eigenvalue weighted by Gasteiger charge is 2.04. The molecule has 1 N–H and O–H groups in total. The van der Waals surface area contributed by atoms with E-state index >= 15 is 0 Å². The minimum atomic E-state index is -0.933. The summed E-state index contributed by atoms with van der Waals surface area (Å²) in [5.41, 5.74) is 2.85. The van der Waals surface area contributed by atoms with Gasteiger partial charge in [0.15, 0.2) is 0 Å². The number of carbonyl (C=O) groups is 1. The molecule has 21 heavy (non-hydrogen) atoms. The maximum atomic E-state index is 10.9.